The van der Waals surface area contributed by atoms with Crippen molar-refractivity contribution in [2.24, 2.45) is 0 Å². The molecule has 0 saturated heterocycles. The van der Waals surface area contributed by atoms with E-state index in [9.17, 15) is 8.42 Å². The summed E-state index contributed by atoms with van der Waals surface area (Å²) in [5.74, 6) is 1.75. The van der Waals surface area contributed by atoms with E-state index in [2.05, 4.69) is 5.32 Å². The lowest BCUT2D eigenvalue weighted by molar-refractivity contribution is 0.287. The second-order valence-electron chi connectivity index (χ2n) is 6.83. The first-order valence-corrected chi connectivity index (χ1v) is 10.8. The number of sulfonamides is 1. The van der Waals surface area contributed by atoms with Crippen molar-refractivity contribution in [1.29, 1.82) is 0 Å². The third-order valence-electron chi connectivity index (χ3n) is 4.45. The van der Waals surface area contributed by atoms with E-state index in [1.165, 1.54) is 25.5 Å². The Labute approximate surface area is 185 Å². The largest absolute Gasteiger partial charge is 0.495 e. The summed E-state index contributed by atoms with van der Waals surface area (Å²) in [7, 11) is 2.52. The Bertz CT molecular complexity index is 906. The second kappa shape index (κ2) is 12.0. The zero-order valence-electron chi connectivity index (χ0n) is 18.0. The minimum Gasteiger partial charge on any atom is -0.495 e. The fourth-order valence-corrected chi connectivity index (χ4v) is 3.98. The number of nitrogens with zero attached hydrogens (tertiary/aromatic N) is 1. The number of nitrogens with one attached hydrogen (secondary N) is 1. The SMILES string of the molecule is COc1ccccc1OCCNC(C)Cc1ccc(OC)c(S(=O)(=O)N(C)C)c1.Cl. The van der Waals surface area contributed by atoms with Crippen molar-refractivity contribution in [2.75, 3.05) is 41.5 Å². The molecule has 0 aliphatic carbocycles. The quantitative estimate of drug-likeness (QED) is 0.521. The topological polar surface area (TPSA) is 77.1 Å². The van der Waals surface area contributed by atoms with E-state index >= 15 is 0 Å². The molecule has 7 nitrogen and oxygen atoms in total. The molecule has 0 fully saturated rings. The van der Waals surface area contributed by atoms with Gasteiger partial charge >= 0.3 is 0 Å². The van der Waals surface area contributed by atoms with Gasteiger partial charge in [0.05, 0.1) is 14.2 Å². The molecular weight excluding hydrogens is 428 g/mol. The predicted molar refractivity (Wildman–Crippen MR) is 121 cm³/mol. The van der Waals surface area contributed by atoms with Gasteiger partial charge in [-0.15, -0.1) is 12.4 Å². The maximum absolute atomic E-state index is 12.6. The standard InChI is InChI=1S/C21H30N2O5S.ClH/c1-16(22-12-13-28-19-9-7-6-8-18(19)26-4)14-17-10-11-20(27-5)21(15-17)29(24,25)23(2)3;/h6-11,15-16,22H,12-14H2,1-5H3;1H. The fraction of sp³-hybridized carbons (Fsp3) is 0.429. The molecule has 0 aliphatic heterocycles. The molecular formula is C21H31ClN2O5S. The van der Waals surface area contributed by atoms with E-state index < -0.39 is 10.0 Å². The van der Waals surface area contributed by atoms with E-state index in [1.54, 1.807) is 19.2 Å². The molecule has 0 saturated carbocycles. The number of halogens is 1. The number of hydrogen-bond donors (Lipinski definition) is 1. The molecule has 0 aromatic heterocycles. The predicted octanol–water partition coefficient (Wildman–Crippen LogP) is 2.98. The molecule has 1 N–H and O–H groups in total. The van der Waals surface area contributed by atoms with Crippen LogP contribution in [0.4, 0.5) is 0 Å². The zero-order chi connectivity index (χ0) is 21.4. The van der Waals surface area contributed by atoms with Crippen LogP contribution >= 0.6 is 12.4 Å². The second-order valence-corrected chi connectivity index (χ2v) is 8.95. The Balaban J connectivity index is 0.00000450. The van der Waals surface area contributed by atoms with Gasteiger partial charge in [-0.2, -0.15) is 0 Å². The van der Waals surface area contributed by atoms with Gasteiger partial charge in [0, 0.05) is 26.7 Å². The molecule has 0 bridgehead atoms. The van der Waals surface area contributed by atoms with Crippen molar-refractivity contribution >= 4 is 22.4 Å². The van der Waals surface area contributed by atoms with Gasteiger partial charge in [0.2, 0.25) is 10.0 Å². The molecule has 0 radical (unpaired) electrons. The normalized spacial score (nSPS) is 12.2. The average molecular weight is 459 g/mol. The molecule has 30 heavy (non-hydrogen) atoms. The molecule has 2 aromatic rings. The molecule has 2 aromatic carbocycles. The lowest BCUT2D eigenvalue weighted by atomic mass is 10.1. The van der Waals surface area contributed by atoms with E-state index in [4.69, 9.17) is 14.2 Å². The highest BCUT2D eigenvalue weighted by atomic mass is 35.5. The summed E-state index contributed by atoms with van der Waals surface area (Å²) in [5.41, 5.74) is 0.914. The lowest BCUT2D eigenvalue weighted by Crippen LogP contribution is -2.32. The first-order chi connectivity index (χ1) is 13.8. The number of benzene rings is 2. The summed E-state index contributed by atoms with van der Waals surface area (Å²) in [4.78, 5) is 0.175. The molecule has 2 rings (SSSR count). The first kappa shape index (κ1) is 26.0. The Kier molecular flexibility index (Phi) is 10.4. The van der Waals surface area contributed by atoms with Gasteiger partial charge in [-0.05, 0) is 43.2 Å². The van der Waals surface area contributed by atoms with Crippen LogP contribution in [0.25, 0.3) is 0 Å². The highest BCUT2D eigenvalue weighted by Crippen LogP contribution is 2.27. The van der Waals surface area contributed by atoms with Crippen LogP contribution in [0.3, 0.4) is 0 Å². The highest BCUT2D eigenvalue weighted by Gasteiger charge is 2.22. The minimum absolute atomic E-state index is 0. The van der Waals surface area contributed by atoms with Crippen LogP contribution in [0.1, 0.15) is 12.5 Å². The van der Waals surface area contributed by atoms with Gasteiger partial charge < -0.3 is 19.5 Å². The fourth-order valence-electron chi connectivity index (χ4n) is 2.88. The molecule has 1 atom stereocenters. The molecule has 9 heteroatoms. The van der Waals surface area contributed by atoms with Crippen LogP contribution in [-0.2, 0) is 16.4 Å². The Morgan fingerprint density at radius 1 is 1.00 bits per heavy atom. The summed E-state index contributed by atoms with van der Waals surface area (Å²) >= 11 is 0. The monoisotopic (exact) mass is 458 g/mol. The third kappa shape index (κ3) is 6.77. The number of hydrogen-bond acceptors (Lipinski definition) is 6. The van der Waals surface area contributed by atoms with Gasteiger partial charge in [0.1, 0.15) is 17.3 Å². The summed E-state index contributed by atoms with van der Waals surface area (Å²) in [5, 5.41) is 3.39. The summed E-state index contributed by atoms with van der Waals surface area (Å²) in [6, 6.07) is 12.9. The Morgan fingerprint density at radius 3 is 2.23 bits per heavy atom. The number of ether oxygens (including phenoxy) is 3. The zero-order valence-corrected chi connectivity index (χ0v) is 19.7. The number of para-hydroxylation sites is 2. The van der Waals surface area contributed by atoms with Gasteiger partial charge in [0.15, 0.2) is 11.5 Å². The molecule has 0 heterocycles. The molecule has 0 amide bonds. The smallest absolute Gasteiger partial charge is 0.246 e. The molecule has 1 unspecified atom stereocenters. The highest BCUT2D eigenvalue weighted by molar-refractivity contribution is 7.89. The third-order valence-corrected chi connectivity index (χ3v) is 6.29. The lowest BCUT2D eigenvalue weighted by Gasteiger charge is -2.18. The van der Waals surface area contributed by atoms with Crippen LogP contribution in [0.2, 0.25) is 0 Å². The van der Waals surface area contributed by atoms with Crippen LogP contribution in [-0.4, -0.2) is 60.2 Å². The Morgan fingerprint density at radius 2 is 1.63 bits per heavy atom. The minimum atomic E-state index is -3.58. The average Bonchev–Trinajstić information content (AvgIpc) is 2.71. The summed E-state index contributed by atoms with van der Waals surface area (Å²) in [6.45, 7) is 3.19. The van der Waals surface area contributed by atoms with Gasteiger partial charge in [-0.1, -0.05) is 18.2 Å². The van der Waals surface area contributed by atoms with Crippen molar-refractivity contribution in [3.8, 4) is 17.2 Å². The Hall–Kier alpha value is -2.00. The van der Waals surface area contributed by atoms with Crippen molar-refractivity contribution in [3.05, 3.63) is 48.0 Å². The van der Waals surface area contributed by atoms with Crippen molar-refractivity contribution in [2.45, 2.75) is 24.3 Å². The molecule has 0 spiro atoms. The van der Waals surface area contributed by atoms with Crippen molar-refractivity contribution in [3.63, 3.8) is 0 Å². The number of methoxy groups -OCH3 is 2. The first-order valence-electron chi connectivity index (χ1n) is 9.38. The van der Waals surface area contributed by atoms with Crippen molar-refractivity contribution < 1.29 is 22.6 Å². The van der Waals surface area contributed by atoms with E-state index in [-0.39, 0.29) is 23.3 Å². The summed E-state index contributed by atoms with van der Waals surface area (Å²) in [6.07, 6.45) is 0.675. The molecule has 0 aliphatic rings. The molecule has 168 valence electrons. The van der Waals surface area contributed by atoms with E-state index in [0.717, 1.165) is 5.56 Å². The van der Waals surface area contributed by atoms with Crippen LogP contribution in [0.5, 0.6) is 17.2 Å². The van der Waals surface area contributed by atoms with Gasteiger partial charge in [-0.3, -0.25) is 0 Å². The van der Waals surface area contributed by atoms with Gasteiger partial charge in [0.25, 0.3) is 0 Å². The van der Waals surface area contributed by atoms with E-state index in [1.807, 2.05) is 37.3 Å². The van der Waals surface area contributed by atoms with Crippen LogP contribution < -0.4 is 19.5 Å². The van der Waals surface area contributed by atoms with Crippen molar-refractivity contribution in [1.82, 2.24) is 9.62 Å². The van der Waals surface area contributed by atoms with E-state index in [0.29, 0.717) is 36.8 Å². The maximum atomic E-state index is 12.6. The number of rotatable bonds is 11. The van der Waals surface area contributed by atoms with Crippen LogP contribution in [0, 0.1) is 0 Å². The van der Waals surface area contributed by atoms with Gasteiger partial charge in [-0.25, -0.2) is 12.7 Å². The maximum Gasteiger partial charge on any atom is 0.246 e. The summed E-state index contributed by atoms with van der Waals surface area (Å²) < 4.78 is 42.6. The van der Waals surface area contributed by atoms with Crippen LogP contribution in [0.15, 0.2) is 47.4 Å².